The highest BCUT2D eigenvalue weighted by atomic mass is 32.2. The van der Waals surface area contributed by atoms with Gasteiger partial charge in [-0.1, -0.05) is 6.58 Å². The van der Waals surface area contributed by atoms with Crippen LogP contribution in [0.25, 0.3) is 0 Å². The monoisotopic (exact) mass is 196 g/mol. The van der Waals surface area contributed by atoms with E-state index < -0.39 is 0 Å². The Morgan fingerprint density at radius 2 is 2.00 bits per heavy atom. The first-order valence-electron chi connectivity index (χ1n) is 4.52. The Hall–Kier alpha value is -0.770. The Kier molecular flexibility index (Phi) is 2.40. The van der Waals surface area contributed by atoms with Gasteiger partial charge in [0.15, 0.2) is 5.17 Å². The SMILES string of the molecule is C=C1SC(N2CCCCC2)=NC1=O. The van der Waals surface area contributed by atoms with Crippen LogP contribution in [0.3, 0.4) is 0 Å². The number of carbonyl (C=O) groups is 1. The van der Waals surface area contributed by atoms with Crippen LogP contribution in [-0.4, -0.2) is 29.1 Å². The number of likely N-dealkylation sites (tertiary alicyclic amines) is 1. The van der Waals surface area contributed by atoms with Crippen molar-refractivity contribution >= 4 is 22.8 Å². The lowest BCUT2D eigenvalue weighted by atomic mass is 10.1. The molecule has 1 fully saturated rings. The molecule has 0 spiro atoms. The Labute approximate surface area is 81.9 Å². The lowest BCUT2D eigenvalue weighted by Gasteiger charge is -2.27. The van der Waals surface area contributed by atoms with Crippen molar-refractivity contribution < 1.29 is 4.79 Å². The maximum absolute atomic E-state index is 11.1. The van der Waals surface area contributed by atoms with Gasteiger partial charge in [-0.05, 0) is 31.0 Å². The highest BCUT2D eigenvalue weighted by molar-refractivity contribution is 8.18. The molecule has 0 unspecified atom stereocenters. The molecule has 0 aromatic carbocycles. The summed E-state index contributed by atoms with van der Waals surface area (Å²) in [6, 6.07) is 0. The van der Waals surface area contributed by atoms with Crippen LogP contribution >= 0.6 is 11.8 Å². The maximum Gasteiger partial charge on any atom is 0.285 e. The Bertz CT molecular complexity index is 279. The lowest BCUT2D eigenvalue weighted by Crippen LogP contribution is -2.33. The molecule has 4 heteroatoms. The largest absolute Gasteiger partial charge is 0.351 e. The normalized spacial score (nSPS) is 23.7. The van der Waals surface area contributed by atoms with Crippen molar-refractivity contribution in [2.75, 3.05) is 13.1 Å². The smallest absolute Gasteiger partial charge is 0.285 e. The summed E-state index contributed by atoms with van der Waals surface area (Å²) in [5.74, 6) is -0.162. The van der Waals surface area contributed by atoms with Crippen LogP contribution in [0.2, 0.25) is 0 Å². The highest BCUT2D eigenvalue weighted by Crippen LogP contribution is 2.27. The van der Waals surface area contributed by atoms with E-state index in [1.165, 1.54) is 31.0 Å². The van der Waals surface area contributed by atoms with Crippen molar-refractivity contribution in [1.82, 2.24) is 4.90 Å². The number of rotatable bonds is 0. The van der Waals surface area contributed by atoms with Gasteiger partial charge in [-0.3, -0.25) is 4.79 Å². The second kappa shape index (κ2) is 3.54. The fourth-order valence-corrected chi connectivity index (χ4v) is 2.34. The molecule has 0 aromatic rings. The molecule has 13 heavy (non-hydrogen) atoms. The van der Waals surface area contributed by atoms with Crippen LogP contribution in [-0.2, 0) is 4.79 Å². The van der Waals surface area contributed by atoms with Crippen molar-refractivity contribution in [3.8, 4) is 0 Å². The van der Waals surface area contributed by atoms with Gasteiger partial charge in [-0.2, -0.15) is 4.99 Å². The van der Waals surface area contributed by atoms with E-state index in [4.69, 9.17) is 0 Å². The zero-order valence-electron chi connectivity index (χ0n) is 7.45. The van der Waals surface area contributed by atoms with Gasteiger partial charge in [0.1, 0.15) is 0 Å². The van der Waals surface area contributed by atoms with Gasteiger partial charge in [-0.25, -0.2) is 0 Å². The first kappa shape index (κ1) is 8.81. The van der Waals surface area contributed by atoms with Crippen molar-refractivity contribution in [2.24, 2.45) is 4.99 Å². The molecule has 2 aliphatic rings. The third kappa shape index (κ3) is 1.77. The van der Waals surface area contributed by atoms with E-state index in [2.05, 4.69) is 16.5 Å². The summed E-state index contributed by atoms with van der Waals surface area (Å²) >= 11 is 1.41. The van der Waals surface area contributed by atoms with Crippen molar-refractivity contribution in [1.29, 1.82) is 0 Å². The number of amidine groups is 1. The summed E-state index contributed by atoms with van der Waals surface area (Å²) < 4.78 is 0. The fraction of sp³-hybridized carbons (Fsp3) is 0.556. The molecule has 0 N–H and O–H groups in total. The first-order chi connectivity index (χ1) is 6.27. The number of hydrogen-bond donors (Lipinski definition) is 0. The summed E-state index contributed by atoms with van der Waals surface area (Å²) in [6.07, 6.45) is 3.71. The average molecular weight is 196 g/mol. The summed E-state index contributed by atoms with van der Waals surface area (Å²) in [6.45, 7) is 5.72. The minimum atomic E-state index is -0.162. The second-order valence-corrected chi connectivity index (χ2v) is 4.33. The number of thioether (sulfide) groups is 1. The van der Waals surface area contributed by atoms with Gasteiger partial charge in [0, 0.05) is 13.1 Å². The first-order valence-corrected chi connectivity index (χ1v) is 5.34. The molecule has 0 radical (unpaired) electrons. The molecule has 0 aromatic heterocycles. The van der Waals surface area contributed by atoms with Crippen LogP contribution in [0.4, 0.5) is 0 Å². The highest BCUT2D eigenvalue weighted by Gasteiger charge is 2.25. The van der Waals surface area contributed by atoms with Gasteiger partial charge in [0.05, 0.1) is 4.91 Å². The molecule has 1 amide bonds. The van der Waals surface area contributed by atoms with Gasteiger partial charge < -0.3 is 4.90 Å². The van der Waals surface area contributed by atoms with E-state index in [0.717, 1.165) is 18.3 Å². The predicted molar refractivity (Wildman–Crippen MR) is 54.6 cm³/mol. The Balaban J connectivity index is 2.05. The molecule has 70 valence electrons. The zero-order chi connectivity index (χ0) is 9.26. The summed E-state index contributed by atoms with van der Waals surface area (Å²) in [5, 5.41) is 0.856. The summed E-state index contributed by atoms with van der Waals surface area (Å²) in [7, 11) is 0. The lowest BCUT2D eigenvalue weighted by molar-refractivity contribution is -0.113. The van der Waals surface area contributed by atoms with Gasteiger partial charge >= 0.3 is 0 Å². The molecular formula is C9H12N2OS. The minimum absolute atomic E-state index is 0.162. The number of amides is 1. The Morgan fingerprint density at radius 3 is 2.54 bits per heavy atom. The standard InChI is InChI=1S/C9H12N2OS/c1-7-8(12)10-9(13-7)11-5-3-2-4-6-11/h1-6H2. The summed E-state index contributed by atoms with van der Waals surface area (Å²) in [4.78, 5) is 17.8. The van der Waals surface area contributed by atoms with E-state index in [-0.39, 0.29) is 5.91 Å². The molecule has 0 bridgehead atoms. The third-order valence-electron chi connectivity index (χ3n) is 2.28. The van der Waals surface area contributed by atoms with Crippen molar-refractivity contribution in [3.63, 3.8) is 0 Å². The van der Waals surface area contributed by atoms with Crippen molar-refractivity contribution in [3.05, 3.63) is 11.5 Å². The molecule has 0 saturated carbocycles. The summed E-state index contributed by atoms with van der Waals surface area (Å²) in [5.41, 5.74) is 0. The number of carbonyl (C=O) groups excluding carboxylic acids is 1. The van der Waals surface area contributed by atoms with Crippen LogP contribution in [0.15, 0.2) is 16.5 Å². The van der Waals surface area contributed by atoms with Gasteiger partial charge in [0.2, 0.25) is 0 Å². The van der Waals surface area contributed by atoms with E-state index in [0.29, 0.717) is 4.91 Å². The van der Waals surface area contributed by atoms with E-state index >= 15 is 0 Å². The van der Waals surface area contributed by atoms with E-state index in [1.54, 1.807) is 0 Å². The number of hydrogen-bond acceptors (Lipinski definition) is 3. The number of nitrogens with zero attached hydrogens (tertiary/aromatic N) is 2. The van der Waals surface area contributed by atoms with Crippen LogP contribution < -0.4 is 0 Å². The number of piperidine rings is 1. The average Bonchev–Trinajstić information content (AvgIpc) is 2.49. The van der Waals surface area contributed by atoms with Gasteiger partial charge in [0.25, 0.3) is 5.91 Å². The van der Waals surface area contributed by atoms with Gasteiger partial charge in [-0.15, -0.1) is 0 Å². The predicted octanol–water partition coefficient (Wildman–Crippen LogP) is 1.62. The third-order valence-corrected chi connectivity index (χ3v) is 3.23. The molecule has 0 aliphatic carbocycles. The second-order valence-electron chi connectivity index (χ2n) is 3.27. The molecule has 1 saturated heterocycles. The zero-order valence-corrected chi connectivity index (χ0v) is 8.27. The molecule has 3 nitrogen and oxygen atoms in total. The molecule has 0 atom stereocenters. The topological polar surface area (TPSA) is 32.7 Å². The molecule has 2 heterocycles. The molecule has 2 aliphatic heterocycles. The minimum Gasteiger partial charge on any atom is -0.351 e. The quantitative estimate of drug-likeness (QED) is 0.552. The fourth-order valence-electron chi connectivity index (χ4n) is 1.55. The van der Waals surface area contributed by atoms with E-state index in [9.17, 15) is 4.79 Å². The molecular weight excluding hydrogens is 184 g/mol. The Morgan fingerprint density at radius 1 is 1.31 bits per heavy atom. The van der Waals surface area contributed by atoms with Crippen LogP contribution in [0, 0.1) is 0 Å². The van der Waals surface area contributed by atoms with Crippen LogP contribution in [0.5, 0.6) is 0 Å². The van der Waals surface area contributed by atoms with E-state index in [1.807, 2.05) is 0 Å². The maximum atomic E-state index is 11.1. The van der Waals surface area contributed by atoms with Crippen LogP contribution in [0.1, 0.15) is 19.3 Å². The van der Waals surface area contributed by atoms with Crippen molar-refractivity contribution in [2.45, 2.75) is 19.3 Å². The molecule has 2 rings (SSSR count). The number of aliphatic imine (C=N–C) groups is 1.